The van der Waals surface area contributed by atoms with Crippen molar-refractivity contribution in [3.05, 3.63) is 35.4 Å². The number of nitrogens with zero attached hydrogens (tertiary/aromatic N) is 7. The van der Waals surface area contributed by atoms with Crippen molar-refractivity contribution in [1.82, 2.24) is 24.7 Å². The molecule has 0 saturated carbocycles. The lowest BCUT2D eigenvalue weighted by Crippen LogP contribution is -2.47. The Morgan fingerprint density at radius 1 is 1.08 bits per heavy atom. The minimum absolute atomic E-state index is 0.303. The molecule has 3 aromatic rings. The van der Waals surface area contributed by atoms with Gasteiger partial charge in [-0.1, -0.05) is 11.6 Å². The first-order chi connectivity index (χ1) is 12.5. The summed E-state index contributed by atoms with van der Waals surface area (Å²) < 4.78 is 1.74. The van der Waals surface area contributed by atoms with Gasteiger partial charge in [0.25, 0.3) is 0 Å². The molecule has 1 aliphatic rings. The summed E-state index contributed by atoms with van der Waals surface area (Å²) in [6.45, 7) is 2.98. The van der Waals surface area contributed by atoms with Crippen LogP contribution >= 0.6 is 11.6 Å². The Labute approximate surface area is 154 Å². The van der Waals surface area contributed by atoms with Crippen LogP contribution in [-0.2, 0) is 7.05 Å². The van der Waals surface area contributed by atoms with Gasteiger partial charge in [0, 0.05) is 39.4 Å². The van der Waals surface area contributed by atoms with Crippen LogP contribution in [0.3, 0.4) is 0 Å². The summed E-state index contributed by atoms with van der Waals surface area (Å²) in [6, 6.07) is 1.56. The van der Waals surface area contributed by atoms with Gasteiger partial charge in [-0.25, -0.2) is 15.0 Å². The van der Waals surface area contributed by atoms with Crippen molar-refractivity contribution in [2.45, 2.75) is 0 Å². The summed E-state index contributed by atoms with van der Waals surface area (Å²) in [7, 11) is 1.86. The molecule has 1 aliphatic heterocycles. The van der Waals surface area contributed by atoms with E-state index < -0.39 is 5.91 Å². The second kappa shape index (κ2) is 6.41. The van der Waals surface area contributed by atoms with E-state index in [-0.39, 0.29) is 0 Å². The molecule has 0 atom stereocenters. The Balaban J connectivity index is 1.53. The summed E-state index contributed by atoms with van der Waals surface area (Å²) in [5.74, 6) is 0.997. The Morgan fingerprint density at radius 2 is 1.77 bits per heavy atom. The van der Waals surface area contributed by atoms with Crippen molar-refractivity contribution in [3.63, 3.8) is 0 Å². The minimum Gasteiger partial charge on any atom is -0.366 e. The topological polar surface area (TPSA) is 106 Å². The lowest BCUT2D eigenvalue weighted by Gasteiger charge is -2.36. The van der Waals surface area contributed by atoms with Crippen LogP contribution in [0.4, 0.5) is 11.6 Å². The number of fused-ring (bicyclic) bond motifs is 1. The number of rotatable bonds is 3. The number of primary amides is 1. The van der Waals surface area contributed by atoms with Gasteiger partial charge in [-0.05, 0) is 6.07 Å². The standard InChI is InChI=1S/C16H17ClN8O/c1-23-14-11(8-22-23)15(21-9-20-14)24-2-4-25(5-3-24)16-12(17)6-10(7-19-16)13(18)26/h6-9H,2-5H2,1H3,(H2,18,26). The molecule has 0 aromatic carbocycles. The van der Waals surface area contributed by atoms with Crippen LogP contribution in [0.2, 0.25) is 5.02 Å². The summed E-state index contributed by atoms with van der Waals surface area (Å²) in [5.41, 5.74) is 6.38. The molecule has 10 heteroatoms. The van der Waals surface area contributed by atoms with Crippen LogP contribution in [0.5, 0.6) is 0 Å². The molecule has 0 spiro atoms. The fraction of sp³-hybridized carbons (Fsp3) is 0.312. The molecule has 0 radical (unpaired) electrons. The van der Waals surface area contributed by atoms with E-state index in [2.05, 4.69) is 29.9 Å². The Kier molecular flexibility index (Phi) is 4.08. The monoisotopic (exact) mass is 372 g/mol. The summed E-state index contributed by atoms with van der Waals surface area (Å²) in [5, 5.41) is 5.62. The third kappa shape index (κ3) is 2.80. The number of piperazine rings is 1. The first-order valence-electron chi connectivity index (χ1n) is 8.12. The van der Waals surface area contributed by atoms with Crippen LogP contribution < -0.4 is 15.5 Å². The van der Waals surface area contributed by atoms with Gasteiger partial charge >= 0.3 is 0 Å². The third-order valence-corrected chi connectivity index (χ3v) is 4.77. The van der Waals surface area contributed by atoms with Gasteiger partial charge in [-0.2, -0.15) is 5.10 Å². The number of amides is 1. The van der Waals surface area contributed by atoms with Crippen molar-refractivity contribution >= 4 is 40.2 Å². The van der Waals surface area contributed by atoms with Gasteiger partial charge in [0.1, 0.15) is 18.0 Å². The molecular weight excluding hydrogens is 356 g/mol. The number of hydrogen-bond donors (Lipinski definition) is 1. The summed E-state index contributed by atoms with van der Waals surface area (Å²) in [4.78, 5) is 28.6. The highest BCUT2D eigenvalue weighted by molar-refractivity contribution is 6.33. The number of pyridine rings is 1. The van der Waals surface area contributed by atoms with Crippen molar-refractivity contribution < 1.29 is 4.79 Å². The molecule has 3 aromatic heterocycles. The van der Waals surface area contributed by atoms with E-state index in [0.29, 0.717) is 16.4 Å². The summed E-state index contributed by atoms with van der Waals surface area (Å²) in [6.07, 6.45) is 4.81. The zero-order valence-corrected chi connectivity index (χ0v) is 14.9. The average molecular weight is 373 g/mol. The number of hydrogen-bond acceptors (Lipinski definition) is 7. The molecule has 4 rings (SSSR count). The van der Waals surface area contributed by atoms with E-state index in [1.54, 1.807) is 23.3 Å². The van der Waals surface area contributed by atoms with Crippen molar-refractivity contribution in [3.8, 4) is 0 Å². The normalized spacial score (nSPS) is 14.8. The largest absolute Gasteiger partial charge is 0.366 e. The van der Waals surface area contributed by atoms with E-state index in [0.717, 1.165) is 43.0 Å². The first kappa shape index (κ1) is 16.5. The number of halogens is 1. The van der Waals surface area contributed by atoms with E-state index >= 15 is 0 Å². The number of aryl methyl sites for hydroxylation is 1. The molecule has 0 bridgehead atoms. The fourth-order valence-electron chi connectivity index (χ4n) is 3.13. The van der Waals surface area contributed by atoms with Crippen LogP contribution in [0.1, 0.15) is 10.4 Å². The van der Waals surface area contributed by atoms with Gasteiger partial charge in [0.2, 0.25) is 5.91 Å². The third-order valence-electron chi connectivity index (χ3n) is 4.49. The highest BCUT2D eigenvalue weighted by atomic mass is 35.5. The number of carbonyl (C=O) groups is 1. The maximum Gasteiger partial charge on any atom is 0.250 e. The van der Waals surface area contributed by atoms with E-state index in [4.69, 9.17) is 17.3 Å². The average Bonchev–Trinajstić information content (AvgIpc) is 3.03. The van der Waals surface area contributed by atoms with Crippen LogP contribution in [0.25, 0.3) is 11.0 Å². The second-order valence-corrected chi connectivity index (χ2v) is 6.48. The lowest BCUT2D eigenvalue weighted by atomic mass is 10.2. The molecule has 4 heterocycles. The van der Waals surface area contributed by atoms with Crippen molar-refractivity contribution in [1.29, 1.82) is 0 Å². The van der Waals surface area contributed by atoms with Crippen LogP contribution in [0, 0.1) is 0 Å². The fourth-order valence-corrected chi connectivity index (χ4v) is 3.42. The minimum atomic E-state index is -0.542. The second-order valence-electron chi connectivity index (χ2n) is 6.07. The van der Waals surface area contributed by atoms with E-state index in [9.17, 15) is 4.79 Å². The predicted octanol–water partition coefficient (Wildman–Crippen LogP) is 0.837. The van der Waals surface area contributed by atoms with Gasteiger partial charge in [0.15, 0.2) is 5.65 Å². The molecule has 0 unspecified atom stereocenters. The molecule has 1 amide bonds. The zero-order valence-electron chi connectivity index (χ0n) is 14.1. The maximum atomic E-state index is 11.2. The molecule has 1 fully saturated rings. The summed E-state index contributed by atoms with van der Waals surface area (Å²) >= 11 is 6.28. The zero-order chi connectivity index (χ0) is 18.3. The van der Waals surface area contributed by atoms with Gasteiger partial charge in [0.05, 0.1) is 22.2 Å². The maximum absolute atomic E-state index is 11.2. The molecule has 1 saturated heterocycles. The van der Waals surface area contributed by atoms with Gasteiger partial charge in [-0.3, -0.25) is 9.48 Å². The lowest BCUT2D eigenvalue weighted by molar-refractivity contribution is 0.1000. The van der Waals surface area contributed by atoms with Crippen LogP contribution in [-0.4, -0.2) is 56.8 Å². The highest BCUT2D eigenvalue weighted by Crippen LogP contribution is 2.27. The Hall–Kier alpha value is -2.94. The number of carbonyl (C=O) groups excluding carboxylic acids is 1. The number of aromatic nitrogens is 5. The molecule has 0 aliphatic carbocycles. The molecule has 2 N–H and O–H groups in total. The van der Waals surface area contributed by atoms with Crippen LogP contribution in [0.15, 0.2) is 24.8 Å². The Bertz CT molecular complexity index is 980. The highest BCUT2D eigenvalue weighted by Gasteiger charge is 2.23. The first-order valence-corrected chi connectivity index (χ1v) is 8.50. The van der Waals surface area contributed by atoms with Gasteiger partial charge in [-0.15, -0.1) is 0 Å². The quantitative estimate of drug-likeness (QED) is 0.725. The number of anilines is 2. The van der Waals surface area contributed by atoms with Crippen molar-refractivity contribution in [2.75, 3.05) is 36.0 Å². The molecule has 9 nitrogen and oxygen atoms in total. The molecule has 26 heavy (non-hydrogen) atoms. The predicted molar refractivity (Wildman–Crippen MR) is 98.5 cm³/mol. The molecular formula is C16H17ClN8O. The van der Waals surface area contributed by atoms with Gasteiger partial charge < -0.3 is 15.5 Å². The van der Waals surface area contributed by atoms with E-state index in [1.807, 2.05) is 7.05 Å². The van der Waals surface area contributed by atoms with Crippen molar-refractivity contribution in [2.24, 2.45) is 12.8 Å². The smallest absolute Gasteiger partial charge is 0.250 e. The van der Waals surface area contributed by atoms with E-state index in [1.165, 1.54) is 6.20 Å². The molecule has 134 valence electrons. The Morgan fingerprint density at radius 3 is 2.42 bits per heavy atom. The SMILES string of the molecule is Cn1ncc2c(N3CCN(c4ncc(C(N)=O)cc4Cl)CC3)ncnc21. The number of nitrogens with two attached hydrogens (primary N) is 1.